The molecular weight excluding hydrogens is 279 g/mol. The lowest BCUT2D eigenvalue weighted by atomic mass is 9.91. The number of halogens is 2. The van der Waals surface area contributed by atoms with Gasteiger partial charge in [0.25, 0.3) is 0 Å². The third-order valence-electron chi connectivity index (χ3n) is 4.03. The van der Waals surface area contributed by atoms with E-state index in [1.807, 2.05) is 12.1 Å². The Balaban J connectivity index is 1.91. The Morgan fingerprint density at radius 2 is 1.58 bits per heavy atom. The van der Waals surface area contributed by atoms with Gasteiger partial charge in [-0.25, -0.2) is 4.98 Å². The highest BCUT2D eigenvalue weighted by molar-refractivity contribution is 6.42. The average Bonchev–Trinajstić information content (AvgIpc) is 2.72. The molecule has 1 N–H and O–H groups in total. The molecule has 0 radical (unpaired) electrons. The number of benzene rings is 1. The number of hydrogen-bond acceptors (Lipinski definition) is 1. The second kappa shape index (κ2) is 5.72. The Labute approximate surface area is 123 Å². The number of rotatable bonds is 1. The summed E-state index contributed by atoms with van der Waals surface area (Å²) in [6.45, 7) is 0. The molecule has 1 aliphatic rings. The summed E-state index contributed by atoms with van der Waals surface area (Å²) in [6, 6.07) is 3.72. The van der Waals surface area contributed by atoms with Gasteiger partial charge in [0.1, 0.15) is 5.82 Å². The van der Waals surface area contributed by atoms with E-state index in [4.69, 9.17) is 28.2 Å². The minimum Gasteiger partial charge on any atom is -0.342 e. The van der Waals surface area contributed by atoms with E-state index in [2.05, 4.69) is 4.98 Å². The van der Waals surface area contributed by atoms with Gasteiger partial charge in [0.2, 0.25) is 0 Å². The summed E-state index contributed by atoms with van der Waals surface area (Å²) in [4.78, 5) is 8.14. The van der Waals surface area contributed by atoms with Crippen LogP contribution in [0.15, 0.2) is 12.1 Å². The number of aromatic amines is 1. The fourth-order valence-corrected chi connectivity index (χ4v) is 3.27. The molecule has 1 fully saturated rings. The van der Waals surface area contributed by atoms with Crippen molar-refractivity contribution in [3.63, 3.8) is 0 Å². The van der Waals surface area contributed by atoms with Gasteiger partial charge in [-0.05, 0) is 25.0 Å². The Bertz CT molecular complexity index is 530. The second-order valence-corrected chi connectivity index (χ2v) is 6.26. The average molecular weight is 297 g/mol. The molecule has 0 bridgehead atoms. The first-order valence-electron chi connectivity index (χ1n) is 7.09. The van der Waals surface area contributed by atoms with Crippen LogP contribution >= 0.6 is 23.2 Å². The molecule has 2 nitrogen and oxygen atoms in total. The van der Waals surface area contributed by atoms with Gasteiger partial charge < -0.3 is 4.98 Å². The normalized spacial score (nSPS) is 18.4. The van der Waals surface area contributed by atoms with E-state index in [0.717, 1.165) is 16.9 Å². The topological polar surface area (TPSA) is 28.7 Å². The van der Waals surface area contributed by atoms with Crippen LogP contribution in [0.25, 0.3) is 11.0 Å². The molecular formula is C15H18Cl2N2. The number of aromatic nitrogens is 2. The highest BCUT2D eigenvalue weighted by atomic mass is 35.5. The molecule has 4 heteroatoms. The Morgan fingerprint density at radius 3 is 2.32 bits per heavy atom. The summed E-state index contributed by atoms with van der Waals surface area (Å²) < 4.78 is 0. The van der Waals surface area contributed by atoms with Gasteiger partial charge in [0.15, 0.2) is 0 Å². The molecule has 3 rings (SSSR count). The number of hydrogen-bond donors (Lipinski definition) is 1. The molecule has 2 aromatic rings. The molecule has 0 unspecified atom stereocenters. The van der Waals surface area contributed by atoms with Crippen LogP contribution in [0.2, 0.25) is 10.0 Å². The monoisotopic (exact) mass is 296 g/mol. The molecule has 1 aromatic heterocycles. The van der Waals surface area contributed by atoms with E-state index in [1.165, 1.54) is 44.9 Å². The van der Waals surface area contributed by atoms with Gasteiger partial charge in [-0.1, -0.05) is 55.3 Å². The smallest absolute Gasteiger partial charge is 0.110 e. The number of nitrogens with one attached hydrogen (secondary N) is 1. The maximum atomic E-state index is 6.05. The van der Waals surface area contributed by atoms with Gasteiger partial charge in [0.05, 0.1) is 21.1 Å². The zero-order valence-corrected chi connectivity index (χ0v) is 12.4. The van der Waals surface area contributed by atoms with Crippen LogP contribution in [0.5, 0.6) is 0 Å². The minimum atomic E-state index is 0.560. The predicted molar refractivity (Wildman–Crippen MR) is 81.2 cm³/mol. The predicted octanol–water partition coefficient (Wildman–Crippen LogP) is 5.70. The fraction of sp³-hybridized carbons (Fsp3) is 0.533. The van der Waals surface area contributed by atoms with E-state index < -0.39 is 0 Å². The molecule has 19 heavy (non-hydrogen) atoms. The fourth-order valence-electron chi connectivity index (χ4n) is 2.95. The van der Waals surface area contributed by atoms with Gasteiger partial charge in [-0.2, -0.15) is 0 Å². The lowest BCUT2D eigenvalue weighted by Crippen LogP contribution is -2.04. The van der Waals surface area contributed by atoms with Crippen molar-refractivity contribution < 1.29 is 0 Å². The van der Waals surface area contributed by atoms with Crippen molar-refractivity contribution in [1.29, 1.82) is 0 Å². The molecule has 0 aliphatic heterocycles. The van der Waals surface area contributed by atoms with Crippen LogP contribution in [0, 0.1) is 0 Å². The molecule has 1 heterocycles. The third kappa shape index (κ3) is 2.90. The second-order valence-electron chi connectivity index (χ2n) is 5.45. The lowest BCUT2D eigenvalue weighted by Gasteiger charge is -2.17. The van der Waals surface area contributed by atoms with Crippen molar-refractivity contribution in [3.05, 3.63) is 28.0 Å². The first-order chi connectivity index (χ1) is 9.24. The van der Waals surface area contributed by atoms with Crippen molar-refractivity contribution in [2.75, 3.05) is 0 Å². The Morgan fingerprint density at radius 1 is 0.947 bits per heavy atom. The highest BCUT2D eigenvalue weighted by Crippen LogP contribution is 2.32. The number of fused-ring (bicyclic) bond motifs is 1. The molecule has 0 spiro atoms. The molecule has 1 aromatic carbocycles. The van der Waals surface area contributed by atoms with Crippen LogP contribution in [-0.2, 0) is 0 Å². The van der Waals surface area contributed by atoms with E-state index in [-0.39, 0.29) is 0 Å². The molecule has 1 saturated carbocycles. The summed E-state index contributed by atoms with van der Waals surface area (Å²) >= 11 is 12.1. The highest BCUT2D eigenvalue weighted by Gasteiger charge is 2.17. The van der Waals surface area contributed by atoms with Crippen molar-refractivity contribution in [2.24, 2.45) is 0 Å². The molecule has 102 valence electrons. The summed E-state index contributed by atoms with van der Waals surface area (Å²) in [5.41, 5.74) is 1.91. The summed E-state index contributed by atoms with van der Waals surface area (Å²) in [6.07, 6.45) is 9.19. The van der Waals surface area contributed by atoms with Crippen LogP contribution in [0.4, 0.5) is 0 Å². The van der Waals surface area contributed by atoms with Crippen molar-refractivity contribution >= 4 is 34.2 Å². The van der Waals surface area contributed by atoms with Gasteiger partial charge in [-0.3, -0.25) is 0 Å². The Kier molecular flexibility index (Phi) is 3.99. The van der Waals surface area contributed by atoms with Crippen molar-refractivity contribution in [2.45, 2.75) is 50.9 Å². The maximum absolute atomic E-state index is 6.05. The largest absolute Gasteiger partial charge is 0.342 e. The summed E-state index contributed by atoms with van der Waals surface area (Å²) in [5, 5.41) is 1.16. The molecule has 1 aliphatic carbocycles. The zero-order chi connectivity index (χ0) is 13.2. The van der Waals surface area contributed by atoms with Gasteiger partial charge in [-0.15, -0.1) is 0 Å². The number of nitrogens with zero attached hydrogens (tertiary/aromatic N) is 1. The van der Waals surface area contributed by atoms with Gasteiger partial charge in [0, 0.05) is 5.92 Å². The minimum absolute atomic E-state index is 0.560. The van der Waals surface area contributed by atoms with E-state index in [0.29, 0.717) is 16.0 Å². The number of imidazole rings is 1. The lowest BCUT2D eigenvalue weighted by molar-refractivity contribution is 0.445. The first-order valence-corrected chi connectivity index (χ1v) is 7.84. The summed E-state index contributed by atoms with van der Waals surface area (Å²) in [7, 11) is 0. The first kappa shape index (κ1) is 13.3. The zero-order valence-electron chi connectivity index (χ0n) is 10.9. The molecule has 0 atom stereocenters. The van der Waals surface area contributed by atoms with Crippen LogP contribution in [0.3, 0.4) is 0 Å². The Hall–Kier alpha value is -0.730. The number of H-pyrrole nitrogens is 1. The van der Waals surface area contributed by atoms with E-state index in [9.17, 15) is 0 Å². The van der Waals surface area contributed by atoms with E-state index in [1.54, 1.807) is 0 Å². The van der Waals surface area contributed by atoms with Crippen LogP contribution < -0.4 is 0 Å². The van der Waals surface area contributed by atoms with Gasteiger partial charge >= 0.3 is 0 Å². The SMILES string of the molecule is Clc1cc2nc(C3CCCCCCC3)[nH]c2cc1Cl. The van der Waals surface area contributed by atoms with Crippen LogP contribution in [0.1, 0.15) is 56.7 Å². The van der Waals surface area contributed by atoms with E-state index >= 15 is 0 Å². The van der Waals surface area contributed by atoms with Crippen molar-refractivity contribution in [1.82, 2.24) is 9.97 Å². The van der Waals surface area contributed by atoms with Crippen molar-refractivity contribution in [3.8, 4) is 0 Å². The van der Waals surface area contributed by atoms with Crippen LogP contribution in [-0.4, -0.2) is 9.97 Å². The molecule has 0 saturated heterocycles. The third-order valence-corrected chi connectivity index (χ3v) is 4.76. The maximum Gasteiger partial charge on any atom is 0.110 e. The quantitative estimate of drug-likeness (QED) is 0.718. The molecule has 0 amide bonds. The standard InChI is InChI=1S/C15H18Cl2N2/c16-11-8-13-14(9-12(11)17)19-15(18-13)10-6-4-2-1-3-5-7-10/h8-10H,1-7H2,(H,18,19). The summed E-state index contributed by atoms with van der Waals surface area (Å²) in [5.74, 6) is 1.67.